The van der Waals surface area contributed by atoms with Crippen LogP contribution < -0.4 is 5.56 Å². The molecule has 0 aliphatic heterocycles. The molecule has 100 valence electrons. The van der Waals surface area contributed by atoms with Crippen molar-refractivity contribution in [3.05, 3.63) is 67.6 Å². The van der Waals surface area contributed by atoms with Crippen LogP contribution in [0.1, 0.15) is 31.9 Å². The zero-order valence-electron chi connectivity index (χ0n) is 11.5. The lowest BCUT2D eigenvalue weighted by Gasteiger charge is -2.19. The molecule has 0 spiro atoms. The van der Waals surface area contributed by atoms with E-state index < -0.39 is 0 Å². The van der Waals surface area contributed by atoms with Crippen LogP contribution in [0.3, 0.4) is 0 Å². The third kappa shape index (κ3) is 3.47. The summed E-state index contributed by atoms with van der Waals surface area (Å²) in [5, 5.41) is 0. The first-order valence-corrected chi connectivity index (χ1v) is 7.40. The number of rotatable bonds is 2. The van der Waals surface area contributed by atoms with Gasteiger partial charge in [-0.25, -0.2) is 0 Å². The van der Waals surface area contributed by atoms with Crippen LogP contribution in [0.15, 0.2) is 47.4 Å². The molecule has 1 heterocycles. The standard InChI is InChI=1S/C16H18INO/c1-16(2,3)13-8-6-12(7-9-13)11-18-10-4-5-14(17)15(18)19/h4-10H,11H2,1-3H3. The van der Waals surface area contributed by atoms with Crippen LogP contribution >= 0.6 is 22.6 Å². The number of nitrogens with zero attached hydrogens (tertiary/aromatic N) is 1. The number of hydrogen-bond acceptors (Lipinski definition) is 1. The summed E-state index contributed by atoms with van der Waals surface area (Å²) < 4.78 is 2.50. The molecule has 0 fully saturated rings. The summed E-state index contributed by atoms with van der Waals surface area (Å²) >= 11 is 2.08. The largest absolute Gasteiger partial charge is 0.310 e. The maximum atomic E-state index is 12.0. The van der Waals surface area contributed by atoms with E-state index in [2.05, 4.69) is 67.6 Å². The first-order valence-electron chi connectivity index (χ1n) is 6.32. The molecule has 0 aliphatic rings. The van der Waals surface area contributed by atoms with E-state index in [1.165, 1.54) is 5.56 Å². The smallest absolute Gasteiger partial charge is 0.264 e. The van der Waals surface area contributed by atoms with Gasteiger partial charge in [0.05, 0.1) is 10.1 Å². The Bertz CT molecular complexity index is 620. The third-order valence-electron chi connectivity index (χ3n) is 3.15. The van der Waals surface area contributed by atoms with Crippen LogP contribution in [0.2, 0.25) is 0 Å². The predicted molar refractivity (Wildman–Crippen MR) is 87.7 cm³/mol. The van der Waals surface area contributed by atoms with Gasteiger partial charge in [-0.3, -0.25) is 4.79 Å². The van der Waals surface area contributed by atoms with Crippen LogP contribution in [0, 0.1) is 3.57 Å². The normalized spacial score (nSPS) is 11.6. The first kappa shape index (κ1) is 14.3. The molecular weight excluding hydrogens is 349 g/mol. The molecule has 0 saturated heterocycles. The Morgan fingerprint density at radius 1 is 1.11 bits per heavy atom. The molecule has 0 atom stereocenters. The fraction of sp³-hybridized carbons (Fsp3) is 0.312. The fourth-order valence-corrected chi connectivity index (χ4v) is 2.46. The zero-order chi connectivity index (χ0) is 14.0. The minimum Gasteiger partial charge on any atom is -0.310 e. The molecule has 2 nitrogen and oxygen atoms in total. The first-order chi connectivity index (χ1) is 8.88. The van der Waals surface area contributed by atoms with Crippen LogP contribution in [-0.2, 0) is 12.0 Å². The second-order valence-electron chi connectivity index (χ2n) is 5.74. The van der Waals surface area contributed by atoms with Gasteiger partial charge in [0.15, 0.2) is 0 Å². The average Bonchev–Trinajstić information content (AvgIpc) is 2.35. The van der Waals surface area contributed by atoms with Gasteiger partial charge in [0.1, 0.15) is 0 Å². The Balaban J connectivity index is 2.25. The molecule has 2 rings (SSSR count). The van der Waals surface area contributed by atoms with E-state index in [4.69, 9.17) is 0 Å². The molecule has 0 unspecified atom stereocenters. The number of hydrogen-bond donors (Lipinski definition) is 0. The lowest BCUT2D eigenvalue weighted by molar-refractivity contribution is 0.589. The number of benzene rings is 1. The molecular formula is C16H18INO. The van der Waals surface area contributed by atoms with Crippen molar-refractivity contribution in [3.63, 3.8) is 0 Å². The summed E-state index contributed by atoms with van der Waals surface area (Å²) in [6.07, 6.45) is 1.84. The molecule has 0 radical (unpaired) electrons. The minimum absolute atomic E-state index is 0.0722. The number of pyridine rings is 1. The van der Waals surface area contributed by atoms with Gasteiger partial charge in [0.2, 0.25) is 0 Å². The monoisotopic (exact) mass is 367 g/mol. The molecule has 2 aromatic rings. The maximum absolute atomic E-state index is 12.0. The van der Waals surface area contributed by atoms with Gasteiger partial charge >= 0.3 is 0 Å². The predicted octanol–water partition coefficient (Wildman–Crippen LogP) is 3.80. The van der Waals surface area contributed by atoms with Gasteiger partial charge in [-0.2, -0.15) is 0 Å². The molecule has 0 N–H and O–H groups in total. The highest BCUT2D eigenvalue weighted by molar-refractivity contribution is 14.1. The second-order valence-corrected chi connectivity index (χ2v) is 6.90. The van der Waals surface area contributed by atoms with Gasteiger partial charge in [0.25, 0.3) is 5.56 Å². The van der Waals surface area contributed by atoms with Crippen LogP contribution in [0.25, 0.3) is 0 Å². The van der Waals surface area contributed by atoms with E-state index in [-0.39, 0.29) is 11.0 Å². The van der Waals surface area contributed by atoms with E-state index in [1.807, 2.05) is 18.3 Å². The van der Waals surface area contributed by atoms with E-state index in [0.717, 1.165) is 9.13 Å². The van der Waals surface area contributed by atoms with Gasteiger partial charge < -0.3 is 4.57 Å². The van der Waals surface area contributed by atoms with Gasteiger partial charge in [-0.15, -0.1) is 0 Å². The van der Waals surface area contributed by atoms with E-state index in [9.17, 15) is 4.79 Å². The molecule has 1 aromatic carbocycles. The Morgan fingerprint density at radius 2 is 1.74 bits per heavy atom. The molecule has 3 heteroatoms. The Labute approximate surface area is 127 Å². The summed E-state index contributed by atoms with van der Waals surface area (Å²) in [6.45, 7) is 7.23. The Hall–Kier alpha value is -1.10. The SMILES string of the molecule is CC(C)(C)c1ccc(Cn2cccc(I)c2=O)cc1. The summed E-state index contributed by atoms with van der Waals surface area (Å²) in [4.78, 5) is 12.0. The summed E-state index contributed by atoms with van der Waals surface area (Å²) in [6, 6.07) is 12.2. The van der Waals surface area contributed by atoms with E-state index in [0.29, 0.717) is 6.54 Å². The molecule has 0 saturated carbocycles. The van der Waals surface area contributed by atoms with Gasteiger partial charge in [-0.1, -0.05) is 45.0 Å². The van der Waals surface area contributed by atoms with Crippen molar-refractivity contribution in [2.24, 2.45) is 0 Å². The van der Waals surface area contributed by atoms with Crippen LogP contribution in [0.4, 0.5) is 0 Å². The minimum atomic E-state index is 0.0722. The average molecular weight is 367 g/mol. The van der Waals surface area contributed by atoms with Crippen LogP contribution in [0.5, 0.6) is 0 Å². The highest BCUT2D eigenvalue weighted by atomic mass is 127. The Kier molecular flexibility index (Phi) is 4.13. The highest BCUT2D eigenvalue weighted by Crippen LogP contribution is 2.22. The molecule has 19 heavy (non-hydrogen) atoms. The highest BCUT2D eigenvalue weighted by Gasteiger charge is 2.12. The summed E-state index contributed by atoms with van der Waals surface area (Å²) in [7, 11) is 0. The topological polar surface area (TPSA) is 22.0 Å². The van der Waals surface area contributed by atoms with Crippen molar-refractivity contribution in [1.82, 2.24) is 4.57 Å². The van der Waals surface area contributed by atoms with Crippen molar-refractivity contribution < 1.29 is 0 Å². The lowest BCUT2D eigenvalue weighted by Crippen LogP contribution is -2.21. The second kappa shape index (κ2) is 5.49. The van der Waals surface area contributed by atoms with Gasteiger partial charge in [0, 0.05) is 6.20 Å². The van der Waals surface area contributed by atoms with Crippen LogP contribution in [-0.4, -0.2) is 4.57 Å². The quantitative estimate of drug-likeness (QED) is 0.741. The number of halogens is 1. The zero-order valence-corrected chi connectivity index (χ0v) is 13.6. The molecule has 1 aromatic heterocycles. The maximum Gasteiger partial charge on any atom is 0.264 e. The van der Waals surface area contributed by atoms with Crippen molar-refractivity contribution in [2.45, 2.75) is 32.7 Å². The fourth-order valence-electron chi connectivity index (χ4n) is 1.94. The van der Waals surface area contributed by atoms with Crippen molar-refractivity contribution in [2.75, 3.05) is 0 Å². The molecule has 0 bridgehead atoms. The summed E-state index contributed by atoms with van der Waals surface area (Å²) in [5.74, 6) is 0. The Morgan fingerprint density at radius 3 is 2.32 bits per heavy atom. The van der Waals surface area contributed by atoms with Crippen molar-refractivity contribution >= 4 is 22.6 Å². The molecule has 0 amide bonds. The molecule has 0 aliphatic carbocycles. The van der Waals surface area contributed by atoms with E-state index in [1.54, 1.807) is 4.57 Å². The summed E-state index contributed by atoms with van der Waals surface area (Å²) in [5.41, 5.74) is 2.70. The lowest BCUT2D eigenvalue weighted by atomic mass is 9.87. The van der Waals surface area contributed by atoms with E-state index >= 15 is 0 Å². The van der Waals surface area contributed by atoms with Crippen molar-refractivity contribution in [3.8, 4) is 0 Å². The third-order valence-corrected chi connectivity index (χ3v) is 3.97. The number of aromatic nitrogens is 1. The van der Waals surface area contributed by atoms with Crippen molar-refractivity contribution in [1.29, 1.82) is 0 Å². The van der Waals surface area contributed by atoms with Gasteiger partial charge in [-0.05, 0) is 51.3 Å².